The van der Waals surface area contributed by atoms with Gasteiger partial charge in [-0.1, -0.05) is 30.3 Å². The highest BCUT2D eigenvalue weighted by molar-refractivity contribution is 5.22. The highest BCUT2D eigenvalue weighted by atomic mass is 19.1. The summed E-state index contributed by atoms with van der Waals surface area (Å²) in [6.07, 6.45) is 0. The molecule has 0 aliphatic carbocycles. The van der Waals surface area contributed by atoms with E-state index in [1.807, 2.05) is 30.3 Å². The lowest BCUT2D eigenvalue weighted by molar-refractivity contribution is 0.304. The van der Waals surface area contributed by atoms with Crippen molar-refractivity contribution in [2.45, 2.75) is 6.61 Å². The predicted octanol–water partition coefficient (Wildman–Crippen LogP) is 3.20. The second-order valence-electron chi connectivity index (χ2n) is 3.15. The second-order valence-corrected chi connectivity index (χ2v) is 3.15. The number of rotatable bonds is 3. The minimum Gasteiger partial charge on any atom is -0.488 e. The van der Waals surface area contributed by atoms with E-state index in [2.05, 4.69) is 6.07 Å². The van der Waals surface area contributed by atoms with E-state index < -0.39 is 0 Å². The quantitative estimate of drug-likeness (QED) is 0.741. The van der Waals surface area contributed by atoms with Crippen LogP contribution in [0.1, 0.15) is 5.56 Å². The molecule has 2 aromatic rings. The summed E-state index contributed by atoms with van der Waals surface area (Å²) >= 11 is 0. The zero-order chi connectivity index (χ0) is 10.5. The van der Waals surface area contributed by atoms with Crippen molar-refractivity contribution in [2.75, 3.05) is 0 Å². The van der Waals surface area contributed by atoms with Gasteiger partial charge in [-0.25, -0.2) is 4.39 Å². The van der Waals surface area contributed by atoms with E-state index in [0.29, 0.717) is 12.4 Å². The lowest BCUT2D eigenvalue weighted by Gasteiger charge is -2.05. The first-order chi connectivity index (χ1) is 7.34. The summed E-state index contributed by atoms with van der Waals surface area (Å²) in [5, 5.41) is 0. The molecule has 0 aromatic heterocycles. The van der Waals surface area contributed by atoms with E-state index in [4.69, 9.17) is 4.74 Å². The first kappa shape index (κ1) is 9.71. The van der Waals surface area contributed by atoms with Gasteiger partial charge in [0, 0.05) is 12.1 Å². The van der Waals surface area contributed by atoms with Crippen LogP contribution in [0.25, 0.3) is 0 Å². The van der Waals surface area contributed by atoms with Gasteiger partial charge in [-0.15, -0.1) is 0 Å². The Hall–Kier alpha value is -1.83. The molecule has 0 saturated carbocycles. The smallest absolute Gasteiger partial charge is 0.130 e. The molecule has 0 heterocycles. The van der Waals surface area contributed by atoms with E-state index in [-0.39, 0.29) is 5.82 Å². The van der Waals surface area contributed by atoms with Crippen molar-refractivity contribution in [1.29, 1.82) is 0 Å². The zero-order valence-electron chi connectivity index (χ0n) is 8.11. The fourth-order valence-electron chi connectivity index (χ4n) is 1.24. The molecular weight excluding hydrogens is 191 g/mol. The molecule has 0 spiro atoms. The summed E-state index contributed by atoms with van der Waals surface area (Å²) in [6, 6.07) is 16.7. The van der Waals surface area contributed by atoms with Crippen molar-refractivity contribution in [3.63, 3.8) is 0 Å². The van der Waals surface area contributed by atoms with Crippen molar-refractivity contribution in [2.24, 2.45) is 0 Å². The monoisotopic (exact) mass is 201 g/mol. The van der Waals surface area contributed by atoms with Gasteiger partial charge in [0.1, 0.15) is 18.2 Å². The molecule has 0 N–H and O–H groups in total. The zero-order valence-corrected chi connectivity index (χ0v) is 8.11. The van der Waals surface area contributed by atoms with Crippen LogP contribution < -0.4 is 4.74 Å². The number of ether oxygens (including phenoxy) is 1. The number of benzene rings is 2. The summed E-state index contributed by atoms with van der Waals surface area (Å²) in [7, 11) is 0. The van der Waals surface area contributed by atoms with Gasteiger partial charge in [0.15, 0.2) is 0 Å². The third-order valence-corrected chi connectivity index (χ3v) is 1.97. The minimum absolute atomic E-state index is 0.309. The SMILES string of the molecule is Fc1cc[c]c(OCc2ccccc2)c1. The van der Waals surface area contributed by atoms with E-state index >= 15 is 0 Å². The Kier molecular flexibility index (Phi) is 2.98. The molecule has 1 nitrogen and oxygen atoms in total. The first-order valence-electron chi connectivity index (χ1n) is 4.68. The third-order valence-electron chi connectivity index (χ3n) is 1.97. The molecule has 0 bridgehead atoms. The molecular formula is C13H10FO. The molecule has 2 heteroatoms. The van der Waals surface area contributed by atoms with Crippen LogP contribution >= 0.6 is 0 Å². The molecule has 0 aliphatic heterocycles. The van der Waals surface area contributed by atoms with Gasteiger partial charge in [0.25, 0.3) is 0 Å². The lowest BCUT2D eigenvalue weighted by Crippen LogP contribution is -1.95. The third kappa shape index (κ3) is 2.81. The summed E-state index contributed by atoms with van der Waals surface area (Å²) < 4.78 is 18.2. The van der Waals surface area contributed by atoms with Crippen LogP contribution in [0.2, 0.25) is 0 Å². The molecule has 0 atom stereocenters. The Balaban J connectivity index is 1.99. The van der Waals surface area contributed by atoms with Crippen molar-refractivity contribution in [3.8, 4) is 5.75 Å². The average molecular weight is 201 g/mol. The van der Waals surface area contributed by atoms with Crippen LogP contribution in [0.3, 0.4) is 0 Å². The van der Waals surface area contributed by atoms with Crippen LogP contribution in [-0.2, 0) is 6.61 Å². The van der Waals surface area contributed by atoms with Gasteiger partial charge in [0.2, 0.25) is 0 Å². The van der Waals surface area contributed by atoms with E-state index in [0.717, 1.165) is 5.56 Å². The summed E-state index contributed by atoms with van der Waals surface area (Å²) in [4.78, 5) is 0. The number of halogens is 1. The van der Waals surface area contributed by atoms with Gasteiger partial charge >= 0.3 is 0 Å². The lowest BCUT2D eigenvalue weighted by atomic mass is 10.2. The molecule has 0 aliphatic rings. The maximum absolute atomic E-state index is 12.8. The standard InChI is InChI=1S/C13H10FO/c14-12-7-4-8-13(9-12)15-10-11-5-2-1-3-6-11/h1-7,9H,10H2. The van der Waals surface area contributed by atoms with Gasteiger partial charge in [0.05, 0.1) is 0 Å². The van der Waals surface area contributed by atoms with E-state index in [9.17, 15) is 4.39 Å². The molecule has 1 radical (unpaired) electrons. The fraction of sp³-hybridized carbons (Fsp3) is 0.0769. The number of hydrogen-bond donors (Lipinski definition) is 0. The van der Waals surface area contributed by atoms with Crippen molar-refractivity contribution < 1.29 is 9.13 Å². The molecule has 0 unspecified atom stereocenters. The van der Waals surface area contributed by atoms with Crippen LogP contribution in [0.15, 0.2) is 48.5 Å². The summed E-state index contributed by atoms with van der Waals surface area (Å²) in [5.74, 6) is 0.121. The van der Waals surface area contributed by atoms with Crippen molar-refractivity contribution in [3.05, 3.63) is 66.0 Å². The topological polar surface area (TPSA) is 9.23 Å². The largest absolute Gasteiger partial charge is 0.488 e. The summed E-state index contributed by atoms with van der Waals surface area (Å²) in [6.45, 7) is 0.431. The predicted molar refractivity (Wildman–Crippen MR) is 56.0 cm³/mol. The molecule has 0 saturated heterocycles. The maximum Gasteiger partial charge on any atom is 0.130 e. The van der Waals surface area contributed by atoms with Gasteiger partial charge in [-0.3, -0.25) is 0 Å². The van der Waals surface area contributed by atoms with Crippen LogP contribution in [-0.4, -0.2) is 0 Å². The van der Waals surface area contributed by atoms with Crippen LogP contribution in [0.5, 0.6) is 5.75 Å². The highest BCUT2D eigenvalue weighted by Gasteiger charge is 1.96. The Morgan fingerprint density at radius 3 is 2.67 bits per heavy atom. The Morgan fingerprint density at radius 2 is 1.93 bits per heavy atom. The normalized spacial score (nSPS) is 9.93. The second kappa shape index (κ2) is 4.60. The van der Waals surface area contributed by atoms with Gasteiger partial charge in [-0.05, 0) is 17.7 Å². The fourth-order valence-corrected chi connectivity index (χ4v) is 1.24. The number of hydrogen-bond acceptors (Lipinski definition) is 1. The molecule has 15 heavy (non-hydrogen) atoms. The highest BCUT2D eigenvalue weighted by Crippen LogP contribution is 2.13. The van der Waals surface area contributed by atoms with Crippen molar-refractivity contribution in [1.82, 2.24) is 0 Å². The van der Waals surface area contributed by atoms with Gasteiger partial charge < -0.3 is 4.74 Å². The molecule has 2 rings (SSSR count). The Morgan fingerprint density at radius 1 is 1.13 bits per heavy atom. The Bertz CT molecular complexity index is 426. The molecule has 0 amide bonds. The van der Waals surface area contributed by atoms with Crippen LogP contribution in [0, 0.1) is 11.9 Å². The van der Waals surface area contributed by atoms with E-state index in [1.54, 1.807) is 0 Å². The Labute approximate surface area is 88.1 Å². The van der Waals surface area contributed by atoms with Crippen LogP contribution in [0.4, 0.5) is 4.39 Å². The first-order valence-corrected chi connectivity index (χ1v) is 4.68. The van der Waals surface area contributed by atoms with E-state index in [1.165, 1.54) is 18.2 Å². The molecule has 2 aromatic carbocycles. The maximum atomic E-state index is 12.8. The summed E-state index contributed by atoms with van der Waals surface area (Å²) in [5.41, 5.74) is 1.05. The minimum atomic E-state index is -0.309. The molecule has 0 fully saturated rings. The molecule has 75 valence electrons. The van der Waals surface area contributed by atoms with Gasteiger partial charge in [-0.2, -0.15) is 0 Å². The average Bonchev–Trinajstić information content (AvgIpc) is 2.28. The van der Waals surface area contributed by atoms with Crippen molar-refractivity contribution >= 4 is 0 Å².